The van der Waals surface area contributed by atoms with Crippen molar-refractivity contribution >= 4 is 17.6 Å². The molecule has 3 nitrogen and oxygen atoms in total. The molecule has 0 radical (unpaired) electrons. The van der Waals surface area contributed by atoms with Gasteiger partial charge in [-0.25, -0.2) is 0 Å². The fourth-order valence-corrected chi connectivity index (χ4v) is 2.13. The Morgan fingerprint density at radius 3 is 3.00 bits per heavy atom. The van der Waals surface area contributed by atoms with E-state index in [2.05, 4.69) is 0 Å². The first-order chi connectivity index (χ1) is 7.66. The first-order valence-corrected chi connectivity index (χ1v) is 5.66. The van der Waals surface area contributed by atoms with Gasteiger partial charge in [-0.05, 0) is 24.7 Å². The summed E-state index contributed by atoms with van der Waals surface area (Å²) in [4.78, 5) is 13.4. The van der Waals surface area contributed by atoms with Crippen molar-refractivity contribution in [1.29, 1.82) is 0 Å². The number of rotatable bonds is 3. The minimum atomic E-state index is -0.121. The van der Waals surface area contributed by atoms with E-state index in [1.54, 1.807) is 0 Å². The molecule has 1 fully saturated rings. The molecule has 1 aromatic carbocycles. The average Bonchev–Trinajstić information content (AvgIpc) is 2.64. The fourth-order valence-electron chi connectivity index (χ4n) is 1.92. The number of carbonyl (C=O) groups excluding carboxylic acids is 1. The van der Waals surface area contributed by atoms with Crippen molar-refractivity contribution in [2.24, 2.45) is 0 Å². The normalized spacial score (nSPS) is 20.2. The number of halogens is 1. The van der Waals surface area contributed by atoms with Crippen LogP contribution in [0.15, 0.2) is 24.3 Å². The zero-order valence-corrected chi connectivity index (χ0v) is 9.91. The zero-order chi connectivity index (χ0) is 11.5. The number of cyclic esters (lactones) is 1. The molecule has 0 N–H and O–H groups in total. The van der Waals surface area contributed by atoms with Gasteiger partial charge < -0.3 is 4.74 Å². The molecule has 0 spiro atoms. The highest BCUT2D eigenvalue weighted by Crippen LogP contribution is 2.17. The Labute approximate surface area is 100.0 Å². The summed E-state index contributed by atoms with van der Waals surface area (Å²) in [5, 5.41) is 0.722. The van der Waals surface area contributed by atoms with Crippen LogP contribution in [0, 0.1) is 0 Å². The summed E-state index contributed by atoms with van der Waals surface area (Å²) >= 11 is 5.91. The first-order valence-electron chi connectivity index (χ1n) is 5.28. The predicted octanol–water partition coefficient (Wildman–Crippen LogP) is 2.09. The van der Waals surface area contributed by atoms with E-state index in [-0.39, 0.29) is 12.0 Å². The molecule has 1 aliphatic heterocycles. The third kappa shape index (κ3) is 2.54. The van der Waals surface area contributed by atoms with E-state index in [1.807, 2.05) is 36.2 Å². The van der Waals surface area contributed by atoms with Crippen molar-refractivity contribution in [1.82, 2.24) is 4.90 Å². The second kappa shape index (κ2) is 4.85. The van der Waals surface area contributed by atoms with E-state index in [0.717, 1.165) is 17.0 Å². The Kier molecular flexibility index (Phi) is 3.46. The van der Waals surface area contributed by atoms with Gasteiger partial charge in [0.2, 0.25) is 0 Å². The number of benzene rings is 1. The van der Waals surface area contributed by atoms with Crippen LogP contribution >= 0.6 is 11.6 Å². The molecule has 4 heteroatoms. The van der Waals surface area contributed by atoms with E-state index < -0.39 is 0 Å². The quantitative estimate of drug-likeness (QED) is 0.757. The van der Waals surface area contributed by atoms with Crippen LogP contribution in [0.5, 0.6) is 0 Å². The van der Waals surface area contributed by atoms with E-state index >= 15 is 0 Å². The Hall–Kier alpha value is -1.06. The molecule has 1 heterocycles. The zero-order valence-electron chi connectivity index (χ0n) is 9.15. The van der Waals surface area contributed by atoms with Gasteiger partial charge in [0, 0.05) is 18.0 Å². The topological polar surface area (TPSA) is 29.5 Å². The van der Waals surface area contributed by atoms with Crippen LogP contribution in [0.4, 0.5) is 0 Å². The first kappa shape index (κ1) is 11.4. The number of esters is 1. The van der Waals surface area contributed by atoms with Crippen molar-refractivity contribution in [3.8, 4) is 0 Å². The minimum absolute atomic E-state index is 0.112. The van der Waals surface area contributed by atoms with Crippen LogP contribution in [0.3, 0.4) is 0 Å². The summed E-state index contributed by atoms with van der Waals surface area (Å²) in [6.07, 6.45) is 0.774. The fraction of sp³-hybridized carbons (Fsp3) is 0.417. The van der Waals surface area contributed by atoms with Crippen LogP contribution in [-0.2, 0) is 16.1 Å². The number of likely N-dealkylation sites (N-methyl/N-ethyl adjacent to an activating group) is 1. The minimum Gasteiger partial charge on any atom is -0.464 e. The summed E-state index contributed by atoms with van der Waals surface area (Å²) in [6.45, 7) is 1.24. The molecule has 0 saturated carbocycles. The molecule has 1 saturated heterocycles. The van der Waals surface area contributed by atoms with E-state index in [0.29, 0.717) is 13.2 Å². The molecule has 0 aliphatic carbocycles. The van der Waals surface area contributed by atoms with Crippen molar-refractivity contribution in [3.63, 3.8) is 0 Å². The van der Waals surface area contributed by atoms with Gasteiger partial charge in [-0.1, -0.05) is 23.7 Å². The molecule has 0 aromatic heterocycles. The molecule has 0 amide bonds. The third-order valence-electron chi connectivity index (χ3n) is 2.76. The summed E-state index contributed by atoms with van der Waals surface area (Å²) in [6, 6.07) is 7.56. The maximum absolute atomic E-state index is 11.4. The van der Waals surface area contributed by atoms with Gasteiger partial charge in [-0.3, -0.25) is 9.69 Å². The predicted molar refractivity (Wildman–Crippen MR) is 62.3 cm³/mol. The van der Waals surface area contributed by atoms with Crippen LogP contribution in [0.1, 0.15) is 12.0 Å². The summed E-state index contributed by atoms with van der Waals surface area (Å²) < 4.78 is 4.94. The Balaban J connectivity index is 2.01. The molecule has 16 heavy (non-hydrogen) atoms. The Morgan fingerprint density at radius 1 is 1.56 bits per heavy atom. The maximum Gasteiger partial charge on any atom is 0.323 e. The highest BCUT2D eigenvalue weighted by Gasteiger charge is 2.29. The van der Waals surface area contributed by atoms with Crippen LogP contribution in [0.2, 0.25) is 5.02 Å². The molecule has 2 rings (SSSR count). The van der Waals surface area contributed by atoms with Crippen LogP contribution in [0.25, 0.3) is 0 Å². The van der Waals surface area contributed by atoms with Gasteiger partial charge >= 0.3 is 5.97 Å². The molecule has 1 aliphatic rings. The lowest BCUT2D eigenvalue weighted by atomic mass is 10.1. The van der Waals surface area contributed by atoms with E-state index in [1.165, 1.54) is 0 Å². The number of hydrogen-bond donors (Lipinski definition) is 0. The van der Waals surface area contributed by atoms with Crippen LogP contribution in [-0.4, -0.2) is 30.6 Å². The molecule has 0 bridgehead atoms. The van der Waals surface area contributed by atoms with Crippen molar-refractivity contribution in [2.75, 3.05) is 13.7 Å². The second-order valence-electron chi connectivity index (χ2n) is 4.02. The second-order valence-corrected chi connectivity index (χ2v) is 4.45. The Bertz CT molecular complexity index is 394. The molecule has 1 aromatic rings. The summed E-state index contributed by atoms with van der Waals surface area (Å²) in [5.74, 6) is -0.121. The molecular formula is C12H14ClNO2. The summed E-state index contributed by atoms with van der Waals surface area (Å²) in [5.41, 5.74) is 1.11. The smallest absolute Gasteiger partial charge is 0.323 e. The van der Waals surface area contributed by atoms with Gasteiger partial charge in [0.1, 0.15) is 6.04 Å². The van der Waals surface area contributed by atoms with Gasteiger partial charge in [0.25, 0.3) is 0 Å². The number of hydrogen-bond acceptors (Lipinski definition) is 3. The monoisotopic (exact) mass is 239 g/mol. The highest BCUT2D eigenvalue weighted by molar-refractivity contribution is 6.30. The number of carbonyl (C=O) groups is 1. The Morgan fingerprint density at radius 2 is 2.38 bits per heavy atom. The van der Waals surface area contributed by atoms with Crippen LogP contribution < -0.4 is 0 Å². The molecule has 86 valence electrons. The number of ether oxygens (including phenoxy) is 1. The van der Waals surface area contributed by atoms with Crippen molar-refractivity contribution < 1.29 is 9.53 Å². The van der Waals surface area contributed by atoms with E-state index in [4.69, 9.17) is 16.3 Å². The largest absolute Gasteiger partial charge is 0.464 e. The average molecular weight is 240 g/mol. The molecule has 1 atom stereocenters. The maximum atomic E-state index is 11.4. The van der Waals surface area contributed by atoms with Gasteiger partial charge in [-0.2, -0.15) is 0 Å². The summed E-state index contributed by atoms with van der Waals surface area (Å²) in [7, 11) is 1.93. The van der Waals surface area contributed by atoms with Crippen molar-refractivity contribution in [2.45, 2.75) is 19.0 Å². The van der Waals surface area contributed by atoms with Gasteiger partial charge in [0.05, 0.1) is 6.61 Å². The van der Waals surface area contributed by atoms with Gasteiger partial charge in [-0.15, -0.1) is 0 Å². The highest BCUT2D eigenvalue weighted by atomic mass is 35.5. The van der Waals surface area contributed by atoms with E-state index in [9.17, 15) is 4.79 Å². The third-order valence-corrected chi connectivity index (χ3v) is 3.00. The lowest BCUT2D eigenvalue weighted by molar-refractivity contribution is -0.142. The van der Waals surface area contributed by atoms with Gasteiger partial charge in [0.15, 0.2) is 0 Å². The standard InChI is InChI=1S/C12H14ClNO2/c1-14(11-5-6-16-12(11)15)8-9-3-2-4-10(13)7-9/h2-4,7,11H,5-6,8H2,1H3/t11-/m1/s1. The lowest BCUT2D eigenvalue weighted by Gasteiger charge is -2.20. The molecule has 0 unspecified atom stereocenters. The number of nitrogens with zero attached hydrogens (tertiary/aromatic N) is 1. The lowest BCUT2D eigenvalue weighted by Crippen LogP contribution is -2.34. The SMILES string of the molecule is CN(Cc1cccc(Cl)c1)[C@@H]1CCOC1=O. The van der Waals surface area contributed by atoms with Crippen molar-refractivity contribution in [3.05, 3.63) is 34.9 Å². The molecular weight excluding hydrogens is 226 g/mol.